The molecule has 0 N–H and O–H groups in total. The molecule has 0 aromatic heterocycles. The maximum absolute atomic E-state index is 12.9. The van der Waals surface area contributed by atoms with Crippen molar-refractivity contribution < 1.29 is 17.9 Å². The fraction of sp³-hybridized carbons (Fsp3) is 0.684. The lowest BCUT2D eigenvalue weighted by atomic mass is 10.2. The quantitative estimate of drug-likeness (QED) is 0.725. The second kappa shape index (κ2) is 8.87. The minimum atomic E-state index is -3.41. The van der Waals surface area contributed by atoms with Crippen LogP contribution >= 0.6 is 0 Å². The third-order valence-corrected chi connectivity index (χ3v) is 7.04. The molecule has 8 heteroatoms. The highest BCUT2D eigenvalue weighted by Gasteiger charge is 2.36. The molecule has 2 unspecified atom stereocenters. The number of nitrogens with zero attached hydrogens (tertiary/aromatic N) is 3. The van der Waals surface area contributed by atoms with Crippen molar-refractivity contribution in [3.8, 4) is 5.75 Å². The predicted octanol–water partition coefficient (Wildman–Crippen LogP) is 1.35. The van der Waals surface area contributed by atoms with E-state index in [-0.39, 0.29) is 12.2 Å². The number of aryl methyl sites for hydroxylation is 1. The zero-order chi connectivity index (χ0) is 19.4. The smallest absolute Gasteiger partial charge is 0.282 e. The van der Waals surface area contributed by atoms with Gasteiger partial charge < -0.3 is 9.47 Å². The first-order valence-corrected chi connectivity index (χ1v) is 11.1. The molecule has 2 heterocycles. The molecule has 0 amide bonds. The summed E-state index contributed by atoms with van der Waals surface area (Å²) in [6.07, 6.45) is -0.132. The molecule has 2 atom stereocenters. The van der Waals surface area contributed by atoms with Gasteiger partial charge in [0.2, 0.25) is 0 Å². The number of hydrogen-bond donors (Lipinski definition) is 0. The molecule has 0 spiro atoms. The molecule has 27 heavy (non-hydrogen) atoms. The second-order valence-corrected chi connectivity index (χ2v) is 9.41. The van der Waals surface area contributed by atoms with Gasteiger partial charge in [-0.25, -0.2) is 0 Å². The fourth-order valence-electron chi connectivity index (χ4n) is 3.59. The van der Waals surface area contributed by atoms with Crippen LogP contribution in [0, 0.1) is 6.92 Å². The summed E-state index contributed by atoms with van der Waals surface area (Å²) in [6, 6.07) is 8.02. The van der Waals surface area contributed by atoms with Gasteiger partial charge in [0.1, 0.15) is 12.4 Å². The van der Waals surface area contributed by atoms with Crippen LogP contribution in [-0.4, -0.2) is 86.6 Å². The highest BCUT2D eigenvalue weighted by Crippen LogP contribution is 2.19. The van der Waals surface area contributed by atoms with Gasteiger partial charge >= 0.3 is 0 Å². The molecule has 152 valence electrons. The van der Waals surface area contributed by atoms with E-state index in [1.54, 1.807) is 8.61 Å². The summed E-state index contributed by atoms with van der Waals surface area (Å²) in [5.74, 6) is 0.873. The van der Waals surface area contributed by atoms with Crippen LogP contribution in [0.15, 0.2) is 24.3 Å². The van der Waals surface area contributed by atoms with E-state index in [1.165, 1.54) is 5.56 Å². The van der Waals surface area contributed by atoms with Gasteiger partial charge in [-0.1, -0.05) is 17.7 Å². The third-order valence-electron chi connectivity index (χ3n) is 5.07. The predicted molar refractivity (Wildman–Crippen MR) is 105 cm³/mol. The van der Waals surface area contributed by atoms with Gasteiger partial charge in [0, 0.05) is 45.8 Å². The Hall–Kier alpha value is -1.19. The molecule has 2 fully saturated rings. The third kappa shape index (κ3) is 5.42. The average molecular weight is 398 g/mol. The molecule has 0 aliphatic carbocycles. The van der Waals surface area contributed by atoms with Gasteiger partial charge in [-0.05, 0) is 32.9 Å². The molecule has 2 aliphatic heterocycles. The SMILES string of the molecule is Cc1ccc(OCCN2CCN(S(=O)(=O)N3CC(C)OC(C)C3)CC2)cc1. The summed E-state index contributed by atoms with van der Waals surface area (Å²) in [6.45, 7) is 10.7. The molecule has 1 aromatic rings. The Morgan fingerprint density at radius 3 is 2.19 bits per heavy atom. The van der Waals surface area contributed by atoms with Crippen molar-refractivity contribution in [1.82, 2.24) is 13.5 Å². The molecule has 7 nitrogen and oxygen atoms in total. The maximum atomic E-state index is 12.9. The van der Waals surface area contributed by atoms with E-state index < -0.39 is 10.2 Å². The molecule has 0 radical (unpaired) electrons. The van der Waals surface area contributed by atoms with Gasteiger partial charge in [0.05, 0.1) is 12.2 Å². The summed E-state index contributed by atoms with van der Waals surface area (Å²) >= 11 is 0. The van der Waals surface area contributed by atoms with E-state index in [2.05, 4.69) is 11.8 Å². The maximum Gasteiger partial charge on any atom is 0.282 e. The highest BCUT2D eigenvalue weighted by atomic mass is 32.2. The molecule has 1 aromatic carbocycles. The Balaban J connectivity index is 1.44. The van der Waals surface area contributed by atoms with E-state index in [0.717, 1.165) is 25.4 Å². The Kier molecular flexibility index (Phi) is 6.75. The van der Waals surface area contributed by atoms with Crippen LogP contribution in [0.4, 0.5) is 0 Å². The Morgan fingerprint density at radius 2 is 1.59 bits per heavy atom. The van der Waals surface area contributed by atoms with Crippen molar-refractivity contribution >= 4 is 10.2 Å². The van der Waals surface area contributed by atoms with Crippen LogP contribution in [0.3, 0.4) is 0 Å². The molecule has 2 saturated heterocycles. The number of ether oxygens (including phenoxy) is 2. The zero-order valence-electron chi connectivity index (χ0n) is 16.5. The van der Waals surface area contributed by atoms with E-state index >= 15 is 0 Å². The molecule has 0 bridgehead atoms. The van der Waals surface area contributed by atoms with Gasteiger partial charge in [-0.3, -0.25) is 4.90 Å². The van der Waals surface area contributed by atoms with Crippen molar-refractivity contribution in [2.24, 2.45) is 0 Å². The van der Waals surface area contributed by atoms with Gasteiger partial charge in [-0.15, -0.1) is 0 Å². The molecular formula is C19H31N3O4S. The second-order valence-electron chi connectivity index (χ2n) is 7.48. The molecular weight excluding hydrogens is 366 g/mol. The van der Waals surface area contributed by atoms with Gasteiger partial charge in [-0.2, -0.15) is 17.0 Å². The van der Waals surface area contributed by atoms with E-state index in [1.807, 2.05) is 38.1 Å². The number of morpholine rings is 1. The Morgan fingerprint density at radius 1 is 1.00 bits per heavy atom. The molecule has 3 rings (SSSR count). The number of benzene rings is 1. The van der Waals surface area contributed by atoms with Crippen molar-refractivity contribution in [2.75, 3.05) is 52.4 Å². The first kappa shape index (κ1) is 20.5. The topological polar surface area (TPSA) is 62.3 Å². The standard InChI is InChI=1S/C19H31N3O4S/c1-16-4-6-19(7-5-16)25-13-12-20-8-10-21(11-9-20)27(23,24)22-14-17(2)26-18(3)15-22/h4-7,17-18H,8-15H2,1-3H3. The van der Waals surface area contributed by atoms with E-state index in [9.17, 15) is 8.42 Å². The minimum absolute atomic E-state index is 0.0660. The number of hydrogen-bond acceptors (Lipinski definition) is 5. The van der Waals surface area contributed by atoms with Crippen LogP contribution in [-0.2, 0) is 14.9 Å². The van der Waals surface area contributed by atoms with Crippen molar-refractivity contribution in [1.29, 1.82) is 0 Å². The van der Waals surface area contributed by atoms with Crippen LogP contribution in [0.25, 0.3) is 0 Å². The molecule has 0 saturated carbocycles. The average Bonchev–Trinajstić information content (AvgIpc) is 2.63. The zero-order valence-corrected chi connectivity index (χ0v) is 17.3. The lowest BCUT2D eigenvalue weighted by molar-refractivity contribution is -0.0457. The Labute approximate surface area is 163 Å². The number of piperazine rings is 1. The van der Waals surface area contributed by atoms with Crippen molar-refractivity contribution in [3.05, 3.63) is 29.8 Å². The first-order valence-electron chi connectivity index (χ1n) is 9.67. The summed E-state index contributed by atoms with van der Waals surface area (Å²) in [5, 5.41) is 0. The Bertz CT molecular complexity index is 692. The monoisotopic (exact) mass is 397 g/mol. The lowest BCUT2D eigenvalue weighted by Gasteiger charge is -2.40. The summed E-state index contributed by atoms with van der Waals surface area (Å²) in [4.78, 5) is 2.25. The van der Waals surface area contributed by atoms with Crippen LogP contribution in [0.5, 0.6) is 5.75 Å². The largest absolute Gasteiger partial charge is 0.492 e. The summed E-state index contributed by atoms with van der Waals surface area (Å²) in [7, 11) is -3.41. The van der Waals surface area contributed by atoms with Crippen LogP contribution < -0.4 is 4.74 Å². The van der Waals surface area contributed by atoms with E-state index in [4.69, 9.17) is 9.47 Å². The summed E-state index contributed by atoms with van der Waals surface area (Å²) in [5.41, 5.74) is 1.21. The van der Waals surface area contributed by atoms with Gasteiger partial charge in [0.25, 0.3) is 10.2 Å². The number of rotatable bonds is 6. The van der Waals surface area contributed by atoms with Crippen LogP contribution in [0.2, 0.25) is 0 Å². The highest BCUT2D eigenvalue weighted by molar-refractivity contribution is 7.86. The molecule has 2 aliphatic rings. The van der Waals surface area contributed by atoms with Gasteiger partial charge in [0.15, 0.2) is 0 Å². The lowest BCUT2D eigenvalue weighted by Crippen LogP contribution is -2.57. The van der Waals surface area contributed by atoms with Crippen molar-refractivity contribution in [3.63, 3.8) is 0 Å². The van der Waals surface area contributed by atoms with E-state index in [0.29, 0.717) is 32.8 Å². The first-order chi connectivity index (χ1) is 12.8. The van der Waals surface area contributed by atoms with Crippen molar-refractivity contribution in [2.45, 2.75) is 33.0 Å². The summed E-state index contributed by atoms with van der Waals surface area (Å²) < 4.78 is 40.5. The fourth-order valence-corrected chi connectivity index (χ4v) is 5.34. The minimum Gasteiger partial charge on any atom is -0.492 e. The van der Waals surface area contributed by atoms with Crippen LogP contribution in [0.1, 0.15) is 19.4 Å². The normalized spacial score (nSPS) is 26.2.